The van der Waals surface area contributed by atoms with E-state index in [9.17, 15) is 14.4 Å². The molecule has 7 nitrogen and oxygen atoms in total. The molecule has 220 valence electrons. The van der Waals surface area contributed by atoms with Gasteiger partial charge in [-0.3, -0.25) is 9.59 Å². The van der Waals surface area contributed by atoms with E-state index < -0.39 is 23.8 Å². The molecule has 2 atom stereocenters. The molecule has 1 aromatic carbocycles. The second-order valence-electron chi connectivity index (χ2n) is 12.3. The van der Waals surface area contributed by atoms with Crippen molar-refractivity contribution in [3.63, 3.8) is 0 Å². The van der Waals surface area contributed by atoms with Gasteiger partial charge in [0.1, 0.15) is 17.7 Å². The van der Waals surface area contributed by atoms with Crippen LogP contribution >= 0.6 is 0 Å². The zero-order chi connectivity index (χ0) is 29.0. The summed E-state index contributed by atoms with van der Waals surface area (Å²) >= 11 is 0. The van der Waals surface area contributed by atoms with Gasteiger partial charge in [-0.05, 0) is 71.9 Å². The standard InChI is InChI=1S/C32H53N3O4/c1-8-9-10-11-12-16-21-35(30(37)25(4)33-31(38)39-32(5,6)7)28(27-20-19-23(2)22-24(27)3)29(36)34-26-17-14-13-15-18-26/h19-20,22,25-26,28H,8-18,21H2,1-7H3,(H,33,38)(H,34,36). The van der Waals surface area contributed by atoms with E-state index in [-0.39, 0.29) is 17.9 Å². The number of nitrogens with zero attached hydrogens (tertiary/aromatic N) is 1. The summed E-state index contributed by atoms with van der Waals surface area (Å²) in [5.74, 6) is -0.421. The van der Waals surface area contributed by atoms with E-state index in [4.69, 9.17) is 4.74 Å². The van der Waals surface area contributed by atoms with Crippen LogP contribution in [0.2, 0.25) is 0 Å². The van der Waals surface area contributed by atoms with Crippen molar-refractivity contribution >= 4 is 17.9 Å². The van der Waals surface area contributed by atoms with Gasteiger partial charge in [0.05, 0.1) is 0 Å². The fourth-order valence-corrected chi connectivity index (χ4v) is 5.33. The second kappa shape index (κ2) is 15.9. The topological polar surface area (TPSA) is 87.7 Å². The highest BCUT2D eigenvalue weighted by molar-refractivity contribution is 5.92. The Morgan fingerprint density at radius 2 is 1.64 bits per heavy atom. The molecule has 0 bridgehead atoms. The van der Waals surface area contributed by atoms with E-state index in [1.54, 1.807) is 32.6 Å². The zero-order valence-electron chi connectivity index (χ0n) is 25.5. The average molecular weight is 544 g/mol. The quantitative estimate of drug-likeness (QED) is 0.265. The lowest BCUT2D eigenvalue weighted by Gasteiger charge is -2.36. The smallest absolute Gasteiger partial charge is 0.408 e. The van der Waals surface area contributed by atoms with Gasteiger partial charge in [0.15, 0.2) is 0 Å². The number of hydrogen-bond donors (Lipinski definition) is 2. The summed E-state index contributed by atoms with van der Waals surface area (Å²) in [5, 5.41) is 5.98. The van der Waals surface area contributed by atoms with Crippen LogP contribution in [-0.2, 0) is 14.3 Å². The molecular formula is C32H53N3O4. The monoisotopic (exact) mass is 543 g/mol. The predicted molar refractivity (Wildman–Crippen MR) is 158 cm³/mol. The molecule has 39 heavy (non-hydrogen) atoms. The molecular weight excluding hydrogens is 490 g/mol. The van der Waals surface area contributed by atoms with Crippen LogP contribution in [0.25, 0.3) is 0 Å². The van der Waals surface area contributed by atoms with Gasteiger partial charge in [0.25, 0.3) is 0 Å². The molecule has 7 heteroatoms. The summed E-state index contributed by atoms with van der Waals surface area (Å²) in [7, 11) is 0. The Balaban J connectivity index is 2.36. The summed E-state index contributed by atoms with van der Waals surface area (Å²) in [5.41, 5.74) is 2.24. The van der Waals surface area contributed by atoms with Crippen LogP contribution in [0.5, 0.6) is 0 Å². The summed E-state index contributed by atoms with van der Waals surface area (Å²) in [4.78, 5) is 42.2. The molecule has 2 rings (SSSR count). The molecule has 0 heterocycles. The molecule has 0 radical (unpaired) electrons. The third-order valence-electron chi connectivity index (χ3n) is 7.37. The van der Waals surface area contributed by atoms with Crippen molar-refractivity contribution < 1.29 is 19.1 Å². The molecule has 0 spiro atoms. The van der Waals surface area contributed by atoms with Crippen LogP contribution < -0.4 is 10.6 Å². The van der Waals surface area contributed by atoms with Gasteiger partial charge in [-0.2, -0.15) is 0 Å². The molecule has 1 fully saturated rings. The van der Waals surface area contributed by atoms with E-state index in [0.717, 1.165) is 61.6 Å². The highest BCUT2D eigenvalue weighted by Gasteiger charge is 2.36. The lowest BCUT2D eigenvalue weighted by Crippen LogP contribution is -2.53. The molecule has 0 aromatic heterocycles. The lowest BCUT2D eigenvalue weighted by molar-refractivity contribution is -0.142. The SMILES string of the molecule is CCCCCCCCN(C(=O)C(C)NC(=O)OC(C)(C)C)C(C(=O)NC1CCCCC1)c1ccc(C)cc1C. The second-order valence-corrected chi connectivity index (χ2v) is 12.3. The minimum absolute atomic E-state index is 0.128. The number of hydrogen-bond acceptors (Lipinski definition) is 4. The van der Waals surface area contributed by atoms with E-state index in [2.05, 4.69) is 23.6 Å². The average Bonchev–Trinajstić information content (AvgIpc) is 2.85. The molecule has 3 amide bonds. The number of carbonyl (C=O) groups excluding carboxylic acids is 3. The largest absolute Gasteiger partial charge is 0.444 e. The summed E-state index contributed by atoms with van der Waals surface area (Å²) in [6.45, 7) is 13.7. The van der Waals surface area contributed by atoms with Crippen molar-refractivity contribution in [2.75, 3.05) is 6.54 Å². The van der Waals surface area contributed by atoms with Crippen LogP contribution in [-0.4, -0.2) is 47.0 Å². The molecule has 1 aliphatic rings. The summed E-state index contributed by atoms with van der Waals surface area (Å²) in [6, 6.07) is 4.56. The summed E-state index contributed by atoms with van der Waals surface area (Å²) in [6.07, 6.45) is 11.1. The Morgan fingerprint density at radius 3 is 2.26 bits per heavy atom. The van der Waals surface area contributed by atoms with Crippen LogP contribution in [0.4, 0.5) is 4.79 Å². The van der Waals surface area contributed by atoms with Gasteiger partial charge in [0, 0.05) is 12.6 Å². The number of amides is 3. The Bertz CT molecular complexity index is 934. The summed E-state index contributed by atoms with van der Waals surface area (Å²) < 4.78 is 5.40. The van der Waals surface area contributed by atoms with Crippen LogP contribution in [0.15, 0.2) is 18.2 Å². The van der Waals surface area contributed by atoms with Gasteiger partial charge < -0.3 is 20.3 Å². The van der Waals surface area contributed by atoms with Gasteiger partial charge in [-0.15, -0.1) is 0 Å². The number of unbranched alkanes of at least 4 members (excludes halogenated alkanes) is 5. The minimum Gasteiger partial charge on any atom is -0.444 e. The van der Waals surface area contributed by atoms with Crippen molar-refractivity contribution in [1.82, 2.24) is 15.5 Å². The molecule has 0 saturated heterocycles. The number of ether oxygens (including phenoxy) is 1. The third kappa shape index (κ3) is 11.2. The normalized spacial score (nSPS) is 15.8. The molecule has 0 aliphatic heterocycles. The minimum atomic E-state index is -0.837. The fraction of sp³-hybridized carbons (Fsp3) is 0.719. The first-order valence-corrected chi connectivity index (χ1v) is 15.1. The van der Waals surface area contributed by atoms with Crippen molar-refractivity contribution in [2.24, 2.45) is 0 Å². The molecule has 2 N–H and O–H groups in total. The zero-order valence-corrected chi connectivity index (χ0v) is 25.5. The van der Waals surface area contributed by atoms with Crippen molar-refractivity contribution in [3.8, 4) is 0 Å². The Morgan fingerprint density at radius 1 is 1.00 bits per heavy atom. The number of rotatable bonds is 13. The Kier molecular flexibility index (Phi) is 13.3. The van der Waals surface area contributed by atoms with Crippen molar-refractivity contribution in [3.05, 3.63) is 34.9 Å². The van der Waals surface area contributed by atoms with Crippen LogP contribution in [0, 0.1) is 13.8 Å². The number of nitrogens with one attached hydrogen (secondary N) is 2. The first-order valence-electron chi connectivity index (χ1n) is 15.1. The fourth-order valence-electron chi connectivity index (χ4n) is 5.33. The molecule has 1 aromatic rings. The molecule has 1 saturated carbocycles. The maximum atomic E-state index is 14.0. The maximum absolute atomic E-state index is 14.0. The maximum Gasteiger partial charge on any atom is 0.408 e. The van der Waals surface area contributed by atoms with Gasteiger partial charge in [-0.25, -0.2) is 4.79 Å². The number of alkyl carbamates (subject to hydrolysis) is 1. The molecule has 1 aliphatic carbocycles. The first kappa shape index (κ1) is 32.6. The molecule has 2 unspecified atom stereocenters. The Hall–Kier alpha value is -2.57. The third-order valence-corrected chi connectivity index (χ3v) is 7.37. The van der Waals surface area contributed by atoms with Gasteiger partial charge in [0.2, 0.25) is 11.8 Å². The van der Waals surface area contributed by atoms with E-state index in [1.807, 2.05) is 26.0 Å². The first-order chi connectivity index (χ1) is 18.4. The predicted octanol–water partition coefficient (Wildman–Crippen LogP) is 6.90. The van der Waals surface area contributed by atoms with Crippen LogP contribution in [0.1, 0.15) is 128 Å². The van der Waals surface area contributed by atoms with Gasteiger partial charge >= 0.3 is 6.09 Å². The number of carbonyl (C=O) groups is 3. The highest BCUT2D eigenvalue weighted by Crippen LogP contribution is 2.28. The number of benzene rings is 1. The van der Waals surface area contributed by atoms with E-state index >= 15 is 0 Å². The Labute approximate surface area is 236 Å². The highest BCUT2D eigenvalue weighted by atomic mass is 16.6. The van der Waals surface area contributed by atoms with E-state index in [1.165, 1.54) is 25.7 Å². The van der Waals surface area contributed by atoms with Gasteiger partial charge in [-0.1, -0.05) is 82.1 Å². The van der Waals surface area contributed by atoms with Crippen LogP contribution in [0.3, 0.4) is 0 Å². The van der Waals surface area contributed by atoms with Crippen molar-refractivity contribution in [1.29, 1.82) is 0 Å². The van der Waals surface area contributed by atoms with E-state index in [0.29, 0.717) is 6.54 Å². The van der Waals surface area contributed by atoms with Crippen molar-refractivity contribution in [2.45, 2.75) is 143 Å². The lowest BCUT2D eigenvalue weighted by atomic mass is 9.93. The number of aryl methyl sites for hydroxylation is 2.